The van der Waals surface area contributed by atoms with Crippen LogP contribution in [0.15, 0.2) is 110 Å². The van der Waals surface area contributed by atoms with Crippen molar-refractivity contribution in [2.45, 2.75) is 0 Å². The molecule has 30 heavy (non-hydrogen) atoms. The maximum Gasteiger partial charge on any atom is 0.0708 e. The molecule has 2 heterocycles. The summed E-state index contributed by atoms with van der Waals surface area (Å²) in [6.07, 6.45) is 5.54. The van der Waals surface area contributed by atoms with Gasteiger partial charge in [0.15, 0.2) is 0 Å². The van der Waals surface area contributed by atoms with Crippen LogP contribution >= 0.6 is 0 Å². The number of aromatic nitrogens is 2. The standard InChI is InChI=1S/C28H18N2/c1-2-8-23-22(7-1)24-10-11-28-25(9-4-14-30-28)27(24)18-26(23)21-6-3-5-20(17-21)19-12-15-29-16-13-19/h1-18H. The molecule has 0 bridgehead atoms. The SMILES string of the molecule is c1cc(-c2ccncc2)cc(-c2cc3c4cccnc4ccc3c3ccccc23)c1. The second-order valence-electron chi connectivity index (χ2n) is 7.52. The summed E-state index contributed by atoms with van der Waals surface area (Å²) in [6.45, 7) is 0. The summed E-state index contributed by atoms with van der Waals surface area (Å²) >= 11 is 0. The zero-order chi connectivity index (χ0) is 19.9. The average molecular weight is 382 g/mol. The van der Waals surface area contributed by atoms with Crippen LogP contribution in [-0.2, 0) is 0 Å². The molecule has 0 atom stereocenters. The van der Waals surface area contributed by atoms with E-state index in [2.05, 4.69) is 94.9 Å². The Morgan fingerprint density at radius 3 is 2.10 bits per heavy atom. The fourth-order valence-corrected chi connectivity index (χ4v) is 4.39. The van der Waals surface area contributed by atoms with E-state index in [1.165, 1.54) is 49.2 Å². The summed E-state index contributed by atoms with van der Waals surface area (Å²) in [5.41, 5.74) is 5.84. The van der Waals surface area contributed by atoms with Gasteiger partial charge in [-0.15, -0.1) is 0 Å². The van der Waals surface area contributed by atoms with Gasteiger partial charge in [0.2, 0.25) is 0 Å². The first kappa shape index (κ1) is 16.9. The minimum absolute atomic E-state index is 1.02. The molecule has 0 aliphatic carbocycles. The Hall–Kier alpha value is -4.04. The van der Waals surface area contributed by atoms with Gasteiger partial charge in [0.05, 0.1) is 5.52 Å². The molecule has 0 amide bonds. The van der Waals surface area contributed by atoms with Crippen molar-refractivity contribution in [1.82, 2.24) is 9.97 Å². The van der Waals surface area contributed by atoms with E-state index in [1.54, 1.807) is 0 Å². The van der Waals surface area contributed by atoms with Crippen LogP contribution in [0.5, 0.6) is 0 Å². The number of nitrogens with zero attached hydrogens (tertiary/aromatic N) is 2. The van der Waals surface area contributed by atoms with Crippen LogP contribution in [0.2, 0.25) is 0 Å². The van der Waals surface area contributed by atoms with E-state index in [0.717, 1.165) is 5.52 Å². The van der Waals surface area contributed by atoms with Crippen LogP contribution in [0.3, 0.4) is 0 Å². The second-order valence-corrected chi connectivity index (χ2v) is 7.52. The van der Waals surface area contributed by atoms with Gasteiger partial charge in [-0.3, -0.25) is 9.97 Å². The lowest BCUT2D eigenvalue weighted by molar-refractivity contribution is 1.33. The molecule has 2 aromatic heterocycles. The van der Waals surface area contributed by atoms with Crippen molar-refractivity contribution < 1.29 is 0 Å². The van der Waals surface area contributed by atoms with Crippen LogP contribution in [0.4, 0.5) is 0 Å². The second kappa shape index (κ2) is 6.78. The fraction of sp³-hybridized carbons (Fsp3) is 0. The zero-order valence-electron chi connectivity index (χ0n) is 16.3. The average Bonchev–Trinajstić information content (AvgIpc) is 2.84. The molecule has 0 fully saturated rings. The number of rotatable bonds is 2. The summed E-state index contributed by atoms with van der Waals surface area (Å²) < 4.78 is 0. The molecule has 4 aromatic carbocycles. The van der Waals surface area contributed by atoms with Gasteiger partial charge in [0, 0.05) is 24.0 Å². The van der Waals surface area contributed by atoms with E-state index in [-0.39, 0.29) is 0 Å². The number of hydrogen-bond acceptors (Lipinski definition) is 2. The van der Waals surface area contributed by atoms with Crippen LogP contribution in [0.25, 0.3) is 54.7 Å². The Kier molecular flexibility index (Phi) is 3.82. The number of hydrogen-bond donors (Lipinski definition) is 0. The molecular weight excluding hydrogens is 364 g/mol. The first-order valence-electron chi connectivity index (χ1n) is 10.1. The first-order valence-corrected chi connectivity index (χ1v) is 10.1. The third kappa shape index (κ3) is 2.66. The first-order chi connectivity index (χ1) is 14.9. The molecule has 0 saturated heterocycles. The van der Waals surface area contributed by atoms with E-state index >= 15 is 0 Å². The van der Waals surface area contributed by atoms with Crippen LogP contribution in [0.1, 0.15) is 0 Å². The summed E-state index contributed by atoms with van der Waals surface area (Å²) in [5.74, 6) is 0. The Morgan fingerprint density at radius 2 is 1.20 bits per heavy atom. The van der Waals surface area contributed by atoms with E-state index < -0.39 is 0 Å². The number of fused-ring (bicyclic) bond motifs is 5. The molecule has 6 rings (SSSR count). The topological polar surface area (TPSA) is 25.8 Å². The molecule has 0 N–H and O–H groups in total. The van der Waals surface area contributed by atoms with Gasteiger partial charge >= 0.3 is 0 Å². The Bertz CT molecular complexity index is 1540. The van der Waals surface area contributed by atoms with E-state index in [9.17, 15) is 0 Å². The quantitative estimate of drug-likeness (QED) is 0.294. The summed E-state index contributed by atoms with van der Waals surface area (Å²) in [6, 6.07) is 32.4. The third-order valence-corrected chi connectivity index (χ3v) is 5.81. The molecule has 0 aliphatic heterocycles. The minimum Gasteiger partial charge on any atom is -0.265 e. The highest BCUT2D eigenvalue weighted by Crippen LogP contribution is 2.38. The van der Waals surface area contributed by atoms with Crippen molar-refractivity contribution in [3.63, 3.8) is 0 Å². The summed E-state index contributed by atoms with van der Waals surface area (Å²) in [7, 11) is 0. The molecule has 6 aromatic rings. The predicted octanol–water partition coefficient (Wildman–Crippen LogP) is 7.27. The minimum atomic E-state index is 1.02. The Morgan fingerprint density at radius 1 is 0.433 bits per heavy atom. The molecule has 0 aliphatic rings. The summed E-state index contributed by atoms with van der Waals surface area (Å²) in [4.78, 5) is 8.71. The van der Waals surface area contributed by atoms with Crippen molar-refractivity contribution >= 4 is 32.4 Å². The van der Waals surface area contributed by atoms with E-state index in [1.807, 2.05) is 24.7 Å². The number of pyridine rings is 2. The van der Waals surface area contributed by atoms with Crippen LogP contribution < -0.4 is 0 Å². The molecule has 0 radical (unpaired) electrons. The lowest BCUT2D eigenvalue weighted by atomic mass is 9.90. The molecule has 0 spiro atoms. The largest absolute Gasteiger partial charge is 0.265 e. The monoisotopic (exact) mass is 382 g/mol. The highest BCUT2D eigenvalue weighted by atomic mass is 14.6. The molecule has 0 unspecified atom stereocenters. The van der Waals surface area contributed by atoms with Crippen molar-refractivity contribution in [2.24, 2.45) is 0 Å². The summed E-state index contributed by atoms with van der Waals surface area (Å²) in [5, 5.41) is 6.22. The zero-order valence-corrected chi connectivity index (χ0v) is 16.3. The van der Waals surface area contributed by atoms with Gasteiger partial charge in [-0.05, 0) is 80.2 Å². The van der Waals surface area contributed by atoms with Gasteiger partial charge in [-0.25, -0.2) is 0 Å². The lowest BCUT2D eigenvalue weighted by Gasteiger charge is -2.13. The van der Waals surface area contributed by atoms with Gasteiger partial charge in [-0.2, -0.15) is 0 Å². The van der Waals surface area contributed by atoms with Crippen LogP contribution in [-0.4, -0.2) is 9.97 Å². The maximum atomic E-state index is 4.56. The maximum absolute atomic E-state index is 4.56. The van der Waals surface area contributed by atoms with Crippen molar-refractivity contribution in [3.05, 3.63) is 110 Å². The molecular formula is C28H18N2. The molecule has 2 nitrogen and oxygen atoms in total. The van der Waals surface area contributed by atoms with Crippen molar-refractivity contribution in [2.75, 3.05) is 0 Å². The highest BCUT2D eigenvalue weighted by Gasteiger charge is 2.11. The number of benzene rings is 4. The molecule has 0 saturated carbocycles. The van der Waals surface area contributed by atoms with Crippen molar-refractivity contribution in [1.29, 1.82) is 0 Å². The van der Waals surface area contributed by atoms with Gasteiger partial charge < -0.3 is 0 Å². The van der Waals surface area contributed by atoms with Crippen molar-refractivity contribution in [3.8, 4) is 22.3 Å². The van der Waals surface area contributed by atoms with E-state index in [0.29, 0.717) is 0 Å². The van der Waals surface area contributed by atoms with Gasteiger partial charge in [0.1, 0.15) is 0 Å². The third-order valence-electron chi connectivity index (χ3n) is 5.81. The molecule has 2 heteroatoms. The highest BCUT2D eigenvalue weighted by molar-refractivity contribution is 6.20. The predicted molar refractivity (Wildman–Crippen MR) is 125 cm³/mol. The Labute approximate surface area is 174 Å². The smallest absolute Gasteiger partial charge is 0.0708 e. The molecule has 140 valence electrons. The Balaban J connectivity index is 1.69. The normalized spacial score (nSPS) is 11.3. The van der Waals surface area contributed by atoms with E-state index in [4.69, 9.17) is 0 Å². The fourth-order valence-electron chi connectivity index (χ4n) is 4.39. The lowest BCUT2D eigenvalue weighted by Crippen LogP contribution is -1.88. The van der Waals surface area contributed by atoms with Gasteiger partial charge in [0.25, 0.3) is 0 Å². The van der Waals surface area contributed by atoms with Gasteiger partial charge in [-0.1, -0.05) is 54.6 Å². The van der Waals surface area contributed by atoms with Crippen LogP contribution in [0, 0.1) is 0 Å².